The Bertz CT molecular complexity index is 605. The molecule has 6 heteroatoms. The maximum Gasteiger partial charge on any atom is 0.240 e. The summed E-state index contributed by atoms with van der Waals surface area (Å²) in [5.74, 6) is 0.126. The molecule has 0 aromatic heterocycles. The van der Waals surface area contributed by atoms with Gasteiger partial charge in [0.15, 0.2) is 0 Å². The van der Waals surface area contributed by atoms with E-state index in [0.29, 0.717) is 5.69 Å². The van der Waals surface area contributed by atoms with Gasteiger partial charge in [-0.25, -0.2) is 13.1 Å². The average molecular weight is 324 g/mol. The van der Waals surface area contributed by atoms with E-state index >= 15 is 0 Å². The van der Waals surface area contributed by atoms with Gasteiger partial charge in [-0.2, -0.15) is 0 Å². The Kier molecular flexibility index (Phi) is 5.58. The highest BCUT2D eigenvalue weighted by Crippen LogP contribution is 2.26. The standard InChI is InChI=1S/C16H24N2O3S/c1-3-12(2)18-22(20,21)15-10-8-14(9-11-15)17-16(19)13-6-4-5-7-13/h8-13,18H,3-7H2,1-2H3,(H,17,19)/t12-/m1/s1. The van der Waals surface area contributed by atoms with E-state index in [9.17, 15) is 13.2 Å². The minimum absolute atomic E-state index is 0.0332. The number of hydrogen-bond acceptors (Lipinski definition) is 3. The molecule has 0 heterocycles. The van der Waals surface area contributed by atoms with Crippen LogP contribution in [0.1, 0.15) is 46.0 Å². The van der Waals surface area contributed by atoms with Crippen molar-refractivity contribution < 1.29 is 13.2 Å². The summed E-state index contributed by atoms with van der Waals surface area (Å²) >= 11 is 0. The lowest BCUT2D eigenvalue weighted by Crippen LogP contribution is -2.32. The van der Waals surface area contributed by atoms with Crippen LogP contribution in [-0.4, -0.2) is 20.4 Å². The Balaban J connectivity index is 2.02. The van der Waals surface area contributed by atoms with Crippen LogP contribution in [0.15, 0.2) is 29.2 Å². The van der Waals surface area contributed by atoms with E-state index in [4.69, 9.17) is 0 Å². The van der Waals surface area contributed by atoms with Crippen LogP contribution in [0, 0.1) is 5.92 Å². The second-order valence-corrected chi connectivity index (χ2v) is 7.64. The summed E-state index contributed by atoms with van der Waals surface area (Å²) in [5.41, 5.74) is 0.638. The topological polar surface area (TPSA) is 75.3 Å². The Morgan fingerprint density at radius 3 is 2.36 bits per heavy atom. The molecular weight excluding hydrogens is 300 g/mol. The molecule has 22 heavy (non-hydrogen) atoms. The lowest BCUT2D eigenvalue weighted by atomic mass is 10.1. The van der Waals surface area contributed by atoms with Gasteiger partial charge < -0.3 is 5.32 Å². The highest BCUT2D eigenvalue weighted by molar-refractivity contribution is 7.89. The Labute approximate surface area is 132 Å². The quantitative estimate of drug-likeness (QED) is 0.845. The van der Waals surface area contributed by atoms with Crippen molar-refractivity contribution in [3.63, 3.8) is 0 Å². The summed E-state index contributed by atoms with van der Waals surface area (Å²) in [4.78, 5) is 12.3. The number of hydrogen-bond donors (Lipinski definition) is 2. The van der Waals surface area contributed by atoms with Gasteiger partial charge >= 0.3 is 0 Å². The van der Waals surface area contributed by atoms with Gasteiger partial charge in [0.05, 0.1) is 4.90 Å². The second-order valence-electron chi connectivity index (χ2n) is 5.93. The zero-order chi connectivity index (χ0) is 16.2. The molecule has 0 unspecified atom stereocenters. The third-order valence-electron chi connectivity index (χ3n) is 4.13. The third kappa shape index (κ3) is 4.30. The van der Waals surface area contributed by atoms with E-state index < -0.39 is 10.0 Å². The summed E-state index contributed by atoms with van der Waals surface area (Å²) in [5, 5.41) is 2.86. The predicted molar refractivity (Wildman–Crippen MR) is 87.1 cm³/mol. The number of nitrogens with one attached hydrogen (secondary N) is 2. The number of carbonyl (C=O) groups is 1. The minimum Gasteiger partial charge on any atom is -0.326 e. The molecule has 0 spiro atoms. The van der Waals surface area contributed by atoms with Crippen molar-refractivity contribution in [1.82, 2.24) is 4.72 Å². The predicted octanol–water partition coefficient (Wildman–Crippen LogP) is 2.89. The first-order chi connectivity index (χ1) is 10.4. The van der Waals surface area contributed by atoms with Crippen molar-refractivity contribution in [2.45, 2.75) is 56.9 Å². The molecule has 1 aliphatic carbocycles. The van der Waals surface area contributed by atoms with E-state index in [1.165, 1.54) is 12.1 Å². The van der Waals surface area contributed by atoms with Gasteiger partial charge in [0, 0.05) is 17.6 Å². The molecule has 1 aliphatic rings. The van der Waals surface area contributed by atoms with E-state index in [1.807, 2.05) is 13.8 Å². The SMILES string of the molecule is CC[C@@H](C)NS(=O)(=O)c1ccc(NC(=O)C2CCCC2)cc1. The zero-order valence-electron chi connectivity index (χ0n) is 13.1. The van der Waals surface area contributed by atoms with Crippen molar-refractivity contribution >= 4 is 21.6 Å². The molecule has 122 valence electrons. The molecule has 0 radical (unpaired) electrons. The summed E-state index contributed by atoms with van der Waals surface area (Å²) in [6, 6.07) is 6.21. The molecule has 0 aliphatic heterocycles. The molecule has 1 amide bonds. The minimum atomic E-state index is -3.50. The fourth-order valence-corrected chi connectivity index (χ4v) is 3.89. The lowest BCUT2D eigenvalue weighted by Gasteiger charge is -2.13. The third-order valence-corrected chi connectivity index (χ3v) is 5.73. The Hall–Kier alpha value is -1.40. The van der Waals surface area contributed by atoms with Crippen LogP contribution in [0.3, 0.4) is 0 Å². The highest BCUT2D eigenvalue weighted by Gasteiger charge is 2.23. The van der Waals surface area contributed by atoms with Gasteiger partial charge in [0.25, 0.3) is 0 Å². The normalized spacial score (nSPS) is 17.4. The van der Waals surface area contributed by atoms with Gasteiger partial charge in [-0.05, 0) is 50.5 Å². The Morgan fingerprint density at radius 2 is 1.82 bits per heavy atom. The van der Waals surface area contributed by atoms with E-state index in [0.717, 1.165) is 32.1 Å². The van der Waals surface area contributed by atoms with Crippen LogP contribution >= 0.6 is 0 Å². The first-order valence-corrected chi connectivity index (χ1v) is 9.34. The van der Waals surface area contributed by atoms with Crippen molar-refractivity contribution in [1.29, 1.82) is 0 Å². The number of sulfonamides is 1. The maximum absolute atomic E-state index is 12.1. The van der Waals surface area contributed by atoms with Crippen LogP contribution in [0.2, 0.25) is 0 Å². The van der Waals surface area contributed by atoms with E-state index in [-0.39, 0.29) is 22.8 Å². The summed E-state index contributed by atoms with van der Waals surface area (Å²) in [7, 11) is -3.50. The number of rotatable bonds is 6. The second kappa shape index (κ2) is 7.24. The first-order valence-electron chi connectivity index (χ1n) is 7.85. The zero-order valence-corrected chi connectivity index (χ0v) is 13.9. The summed E-state index contributed by atoms with van der Waals surface area (Å²) in [6.07, 6.45) is 4.83. The van der Waals surface area contributed by atoms with Crippen LogP contribution in [0.25, 0.3) is 0 Å². The molecule has 1 aromatic rings. The number of amides is 1. The van der Waals surface area contributed by atoms with Crippen molar-refractivity contribution in [2.75, 3.05) is 5.32 Å². The fourth-order valence-electron chi connectivity index (χ4n) is 2.57. The van der Waals surface area contributed by atoms with Crippen LogP contribution in [0.5, 0.6) is 0 Å². The van der Waals surface area contributed by atoms with Crippen molar-refractivity contribution in [3.05, 3.63) is 24.3 Å². The van der Waals surface area contributed by atoms with Gasteiger partial charge in [-0.1, -0.05) is 19.8 Å². The van der Waals surface area contributed by atoms with Gasteiger partial charge in [0.1, 0.15) is 0 Å². The van der Waals surface area contributed by atoms with Gasteiger partial charge in [0.2, 0.25) is 15.9 Å². The van der Waals surface area contributed by atoms with Crippen LogP contribution < -0.4 is 10.0 Å². The van der Waals surface area contributed by atoms with Crippen molar-refractivity contribution in [2.24, 2.45) is 5.92 Å². The number of carbonyl (C=O) groups excluding carboxylic acids is 1. The smallest absolute Gasteiger partial charge is 0.240 e. The molecule has 2 rings (SSSR count). The monoisotopic (exact) mass is 324 g/mol. The Morgan fingerprint density at radius 1 is 1.23 bits per heavy atom. The molecule has 1 saturated carbocycles. The lowest BCUT2D eigenvalue weighted by molar-refractivity contribution is -0.119. The van der Waals surface area contributed by atoms with Gasteiger partial charge in [-0.15, -0.1) is 0 Å². The largest absolute Gasteiger partial charge is 0.326 e. The maximum atomic E-state index is 12.1. The molecule has 1 aromatic carbocycles. The molecule has 0 saturated heterocycles. The fraction of sp³-hybridized carbons (Fsp3) is 0.562. The van der Waals surface area contributed by atoms with Crippen molar-refractivity contribution in [3.8, 4) is 0 Å². The summed E-state index contributed by atoms with van der Waals surface area (Å²) in [6.45, 7) is 3.75. The van der Waals surface area contributed by atoms with E-state index in [2.05, 4.69) is 10.0 Å². The van der Waals surface area contributed by atoms with Crippen LogP contribution in [0.4, 0.5) is 5.69 Å². The molecular formula is C16H24N2O3S. The van der Waals surface area contributed by atoms with E-state index in [1.54, 1.807) is 12.1 Å². The highest BCUT2D eigenvalue weighted by atomic mass is 32.2. The number of benzene rings is 1. The summed E-state index contributed by atoms with van der Waals surface area (Å²) < 4.78 is 26.9. The average Bonchev–Trinajstić information content (AvgIpc) is 3.01. The van der Waals surface area contributed by atoms with Gasteiger partial charge in [-0.3, -0.25) is 4.79 Å². The first kappa shape index (κ1) is 17.0. The molecule has 1 fully saturated rings. The number of anilines is 1. The van der Waals surface area contributed by atoms with Crippen LogP contribution in [-0.2, 0) is 14.8 Å². The molecule has 0 bridgehead atoms. The molecule has 1 atom stereocenters. The molecule has 5 nitrogen and oxygen atoms in total. The molecule has 2 N–H and O–H groups in total.